The molecular weight excluding hydrogens is 1020 g/mol. The molecule has 0 spiro atoms. The van der Waals surface area contributed by atoms with Gasteiger partial charge in [0.15, 0.2) is 0 Å². The molecule has 0 bridgehead atoms. The van der Waals surface area contributed by atoms with Crippen LogP contribution >= 0.6 is 0 Å². The fraction of sp³-hybridized carbons (Fsp3) is 0.128. The number of fused-ring (bicyclic) bond motifs is 12. The van der Waals surface area contributed by atoms with E-state index in [2.05, 4.69) is 306 Å². The van der Waals surface area contributed by atoms with E-state index in [4.69, 9.17) is 0 Å². The van der Waals surface area contributed by atoms with E-state index in [1.165, 1.54) is 143 Å². The zero-order valence-corrected chi connectivity index (χ0v) is 50.0. The standard InChI is InChI=1S/C78H64N2Si2/c1-77(2)63-27-13-11-24-54(63)56-41-37-49(45-65(56)77)53-23-9-10-26-58(53)76-60-44-40-51(79-67-29-15-19-33-71(67)81(5,6)72-34-20-16-30-68(72)79)47-61(60)75(50-38-42-57-55-25-12-14-28-64(55)78(3,4)66(57)46-50)59-43-39-52(48-62(59)76)80-69-31-17-21-35-73(69)82(7,8)74-36-22-18-32-70(74)80/h9-48H,1-8H3. The van der Waals surface area contributed by atoms with E-state index in [1.54, 1.807) is 0 Å². The predicted molar refractivity (Wildman–Crippen MR) is 356 cm³/mol. The van der Waals surface area contributed by atoms with Crippen molar-refractivity contribution in [1.29, 1.82) is 0 Å². The normalized spacial score (nSPS) is 15.9. The van der Waals surface area contributed by atoms with Gasteiger partial charge in [0, 0.05) is 45.0 Å². The molecule has 0 saturated heterocycles. The summed E-state index contributed by atoms with van der Waals surface area (Å²) in [5, 5.41) is 10.8. The fourth-order valence-electron chi connectivity index (χ4n) is 15.7. The Hall–Kier alpha value is -8.81. The summed E-state index contributed by atoms with van der Waals surface area (Å²) in [6.07, 6.45) is 0. The van der Waals surface area contributed by atoms with Gasteiger partial charge in [0.1, 0.15) is 16.1 Å². The average molecular weight is 1090 g/mol. The van der Waals surface area contributed by atoms with E-state index in [-0.39, 0.29) is 10.8 Å². The zero-order valence-electron chi connectivity index (χ0n) is 48.0. The minimum atomic E-state index is -2.06. The molecule has 2 aliphatic heterocycles. The third-order valence-corrected chi connectivity index (χ3v) is 26.9. The van der Waals surface area contributed by atoms with Gasteiger partial charge in [0.2, 0.25) is 0 Å². The highest BCUT2D eigenvalue weighted by Crippen LogP contribution is 2.55. The van der Waals surface area contributed by atoms with Gasteiger partial charge in [-0.25, -0.2) is 0 Å². The summed E-state index contributed by atoms with van der Waals surface area (Å²) in [6.45, 7) is 19.7. The van der Waals surface area contributed by atoms with Crippen LogP contribution in [0.5, 0.6) is 0 Å². The van der Waals surface area contributed by atoms with E-state index in [0.29, 0.717) is 0 Å². The molecular formula is C78H64N2Si2. The van der Waals surface area contributed by atoms with Gasteiger partial charge in [-0.15, -0.1) is 0 Å². The molecule has 0 atom stereocenters. The summed E-state index contributed by atoms with van der Waals surface area (Å²) in [5.41, 5.74) is 25.4. The number of nitrogens with zero attached hydrogens (tertiary/aromatic N) is 2. The first-order valence-corrected chi connectivity index (χ1v) is 35.3. The first kappa shape index (κ1) is 49.0. The largest absolute Gasteiger partial charge is 0.311 e. The average Bonchev–Trinajstić information content (AvgIpc) is 1.36. The number of hydrogen-bond acceptors (Lipinski definition) is 2. The molecule has 2 heterocycles. The minimum Gasteiger partial charge on any atom is -0.311 e. The highest BCUT2D eigenvalue weighted by molar-refractivity contribution is 7.03. The fourth-order valence-corrected chi connectivity index (χ4v) is 21.6. The second-order valence-corrected chi connectivity index (χ2v) is 34.3. The molecule has 2 nitrogen and oxygen atoms in total. The monoisotopic (exact) mass is 1080 g/mol. The lowest BCUT2D eigenvalue weighted by Gasteiger charge is -2.41. The van der Waals surface area contributed by atoms with Gasteiger partial charge in [-0.2, -0.15) is 0 Å². The quantitative estimate of drug-likeness (QED) is 0.125. The molecule has 394 valence electrons. The number of hydrogen-bond donors (Lipinski definition) is 0. The van der Waals surface area contributed by atoms with Crippen molar-refractivity contribution in [2.75, 3.05) is 9.80 Å². The van der Waals surface area contributed by atoms with Gasteiger partial charge in [0.25, 0.3) is 0 Å². The maximum Gasteiger partial charge on any atom is 0.117 e. The summed E-state index contributed by atoms with van der Waals surface area (Å²) < 4.78 is 0. The molecule has 4 aliphatic rings. The third-order valence-electron chi connectivity index (χ3n) is 19.8. The molecule has 0 aromatic heterocycles. The highest BCUT2D eigenvalue weighted by Gasteiger charge is 2.42. The molecule has 16 rings (SSSR count). The van der Waals surface area contributed by atoms with Crippen molar-refractivity contribution in [2.45, 2.75) is 64.7 Å². The molecule has 0 saturated carbocycles. The van der Waals surface area contributed by atoms with E-state index in [9.17, 15) is 0 Å². The van der Waals surface area contributed by atoms with Gasteiger partial charge in [-0.3, -0.25) is 0 Å². The summed E-state index contributed by atoms with van der Waals surface area (Å²) in [4.78, 5) is 5.13. The third kappa shape index (κ3) is 6.74. The molecule has 4 heteroatoms. The van der Waals surface area contributed by atoms with Crippen LogP contribution < -0.4 is 30.5 Å². The summed E-state index contributed by atoms with van der Waals surface area (Å²) in [5.74, 6) is 0. The van der Waals surface area contributed by atoms with Crippen LogP contribution in [0.4, 0.5) is 34.1 Å². The Balaban J connectivity index is 1.02. The SMILES string of the molecule is CC1(C)c2ccccc2-c2ccc(-c3ccccc3-c3c4ccc(N5c6ccccc6[Si](C)(C)c6ccccc65)cc4c(-c4ccc5c(c4)C(C)(C)c4ccccc4-5)c4ccc(N5c6ccccc6[Si](C)(C)c6ccccc65)cc34)cc21. The molecule has 0 radical (unpaired) electrons. The van der Waals surface area contributed by atoms with Crippen molar-refractivity contribution < 1.29 is 0 Å². The first-order valence-electron chi connectivity index (χ1n) is 29.3. The van der Waals surface area contributed by atoms with Crippen molar-refractivity contribution in [1.82, 2.24) is 0 Å². The Bertz CT molecular complexity index is 4630. The molecule has 2 aliphatic carbocycles. The summed E-state index contributed by atoms with van der Waals surface area (Å²) >= 11 is 0. The number of para-hydroxylation sites is 4. The van der Waals surface area contributed by atoms with Crippen molar-refractivity contribution in [3.63, 3.8) is 0 Å². The van der Waals surface area contributed by atoms with Gasteiger partial charge in [-0.1, -0.05) is 236 Å². The molecule has 12 aromatic rings. The maximum absolute atomic E-state index is 2.57. The number of anilines is 6. The van der Waals surface area contributed by atoms with Crippen molar-refractivity contribution >= 4 is 92.6 Å². The molecule has 0 amide bonds. The predicted octanol–water partition coefficient (Wildman–Crippen LogP) is 18.8. The van der Waals surface area contributed by atoms with Gasteiger partial charge in [-0.05, 0) is 181 Å². The molecule has 0 unspecified atom stereocenters. The van der Waals surface area contributed by atoms with E-state index in [1.807, 2.05) is 0 Å². The van der Waals surface area contributed by atoms with E-state index < -0.39 is 16.1 Å². The number of benzene rings is 12. The lowest BCUT2D eigenvalue weighted by atomic mass is 9.79. The Morgan fingerprint density at radius 3 is 1.07 bits per heavy atom. The highest BCUT2D eigenvalue weighted by atomic mass is 28.3. The second kappa shape index (κ2) is 17.4. The molecule has 0 N–H and O–H groups in total. The van der Waals surface area contributed by atoms with Crippen LogP contribution in [-0.2, 0) is 10.8 Å². The summed E-state index contributed by atoms with van der Waals surface area (Å²) in [7, 11) is -4.11. The van der Waals surface area contributed by atoms with Crippen LogP contribution in [0.15, 0.2) is 243 Å². The lowest BCUT2D eigenvalue weighted by molar-refractivity contribution is 0.660. The van der Waals surface area contributed by atoms with Crippen LogP contribution in [-0.4, -0.2) is 16.1 Å². The van der Waals surface area contributed by atoms with Gasteiger partial charge < -0.3 is 9.80 Å². The Kier molecular flexibility index (Phi) is 10.4. The summed E-state index contributed by atoms with van der Waals surface area (Å²) in [6, 6.07) is 93.7. The Morgan fingerprint density at radius 2 is 0.610 bits per heavy atom. The lowest BCUT2D eigenvalue weighted by Crippen LogP contribution is -2.58. The topological polar surface area (TPSA) is 6.48 Å². The molecule has 0 fully saturated rings. The van der Waals surface area contributed by atoms with Crippen LogP contribution in [0.2, 0.25) is 26.2 Å². The van der Waals surface area contributed by atoms with Crippen LogP contribution in [0.25, 0.3) is 77.2 Å². The second-order valence-electron chi connectivity index (χ2n) is 25.6. The van der Waals surface area contributed by atoms with Crippen LogP contribution in [0.1, 0.15) is 49.9 Å². The maximum atomic E-state index is 2.57. The Labute approximate surface area is 484 Å². The van der Waals surface area contributed by atoms with Crippen molar-refractivity contribution in [2.24, 2.45) is 0 Å². The van der Waals surface area contributed by atoms with Gasteiger partial charge >= 0.3 is 0 Å². The smallest absolute Gasteiger partial charge is 0.117 e. The minimum absolute atomic E-state index is 0.142. The van der Waals surface area contributed by atoms with Gasteiger partial charge in [0.05, 0.1) is 0 Å². The van der Waals surface area contributed by atoms with Crippen LogP contribution in [0.3, 0.4) is 0 Å². The zero-order chi connectivity index (χ0) is 55.6. The van der Waals surface area contributed by atoms with E-state index >= 15 is 0 Å². The van der Waals surface area contributed by atoms with Crippen molar-refractivity contribution in [3.8, 4) is 55.6 Å². The Morgan fingerprint density at radius 1 is 0.268 bits per heavy atom. The molecule has 82 heavy (non-hydrogen) atoms. The van der Waals surface area contributed by atoms with E-state index in [0.717, 1.165) is 11.4 Å². The van der Waals surface area contributed by atoms with Crippen LogP contribution in [0, 0.1) is 0 Å². The van der Waals surface area contributed by atoms with Crippen molar-refractivity contribution in [3.05, 3.63) is 265 Å². The first-order chi connectivity index (χ1) is 39.7. The number of rotatable bonds is 5. The molecule has 12 aromatic carbocycles.